The Morgan fingerprint density at radius 1 is 1.00 bits per heavy atom. The molecule has 0 aromatic heterocycles. The van der Waals surface area contributed by atoms with E-state index >= 15 is 0 Å². The molecule has 3 saturated carbocycles. The van der Waals surface area contributed by atoms with Crippen molar-refractivity contribution in [3.8, 4) is 0 Å². The van der Waals surface area contributed by atoms with Crippen molar-refractivity contribution in [2.75, 3.05) is 0 Å². The molecule has 1 aliphatic heterocycles. The summed E-state index contributed by atoms with van der Waals surface area (Å²) in [6.07, 6.45) is 12.6. The Kier molecular flexibility index (Phi) is 2.79. The number of fused-ring (bicyclic) bond motifs is 5. The van der Waals surface area contributed by atoms with Crippen molar-refractivity contribution >= 4 is 5.84 Å². The highest BCUT2D eigenvalue weighted by atomic mass is 15.0. The Bertz CT molecular complexity index is 443. The minimum absolute atomic E-state index is 0.184. The van der Waals surface area contributed by atoms with E-state index in [4.69, 9.17) is 10.7 Å². The zero-order chi connectivity index (χ0) is 14.0. The number of nitrogens with two attached hydrogens (primary N) is 1. The van der Waals surface area contributed by atoms with E-state index in [1.165, 1.54) is 51.4 Å². The third-order valence-corrected chi connectivity index (χ3v) is 7.77. The first-order chi connectivity index (χ1) is 9.53. The topological polar surface area (TPSA) is 38.4 Å². The fraction of sp³-hybridized carbons (Fsp3) is 0.944. The van der Waals surface area contributed by atoms with E-state index in [2.05, 4.69) is 13.8 Å². The number of hydrogen-bond acceptors (Lipinski definition) is 2. The van der Waals surface area contributed by atoms with Gasteiger partial charge in [0.15, 0.2) is 0 Å². The zero-order valence-corrected chi connectivity index (χ0v) is 13.2. The Morgan fingerprint density at radius 2 is 1.85 bits per heavy atom. The van der Waals surface area contributed by atoms with Crippen molar-refractivity contribution in [2.45, 2.75) is 77.2 Å². The van der Waals surface area contributed by atoms with Crippen LogP contribution in [0.15, 0.2) is 4.99 Å². The standard InChI is InChI=1S/C18H30N2/c1-17-9-4-3-5-12(17)6-7-13-14(17)8-10-18(2)15(13)11-16(19)20-18/h12-15H,3-11H2,1-2H3,(H2,19,20)/t12?,13-,14-,15+,17+,18+/m1/s1. The van der Waals surface area contributed by atoms with E-state index in [0.29, 0.717) is 5.41 Å². The van der Waals surface area contributed by atoms with Crippen molar-refractivity contribution in [1.82, 2.24) is 0 Å². The Labute approximate surface area is 123 Å². The van der Waals surface area contributed by atoms with Crippen molar-refractivity contribution in [1.29, 1.82) is 0 Å². The van der Waals surface area contributed by atoms with Gasteiger partial charge in [-0.1, -0.05) is 19.8 Å². The summed E-state index contributed by atoms with van der Waals surface area (Å²) in [5.41, 5.74) is 6.94. The molecule has 2 heteroatoms. The van der Waals surface area contributed by atoms with Gasteiger partial charge in [0, 0.05) is 6.42 Å². The van der Waals surface area contributed by atoms with Crippen LogP contribution >= 0.6 is 0 Å². The molecule has 0 saturated heterocycles. The number of amidine groups is 1. The van der Waals surface area contributed by atoms with Crippen LogP contribution in [-0.4, -0.2) is 11.4 Å². The lowest BCUT2D eigenvalue weighted by molar-refractivity contribution is -0.0874. The van der Waals surface area contributed by atoms with Gasteiger partial charge < -0.3 is 5.73 Å². The van der Waals surface area contributed by atoms with E-state index in [1.807, 2.05) is 0 Å². The molecule has 0 bridgehead atoms. The second-order valence-electron chi connectivity index (χ2n) is 8.61. The molecule has 20 heavy (non-hydrogen) atoms. The predicted molar refractivity (Wildman–Crippen MR) is 83.6 cm³/mol. The minimum Gasteiger partial charge on any atom is -0.387 e. The number of hydrogen-bond donors (Lipinski definition) is 1. The Morgan fingerprint density at radius 3 is 2.70 bits per heavy atom. The van der Waals surface area contributed by atoms with E-state index in [9.17, 15) is 0 Å². The summed E-state index contributed by atoms with van der Waals surface area (Å²) in [6, 6.07) is 0. The summed E-state index contributed by atoms with van der Waals surface area (Å²) in [6.45, 7) is 5.01. The largest absolute Gasteiger partial charge is 0.387 e. The molecule has 2 nitrogen and oxygen atoms in total. The van der Waals surface area contributed by atoms with Gasteiger partial charge in [-0.05, 0) is 74.5 Å². The predicted octanol–water partition coefficient (Wildman–Crippen LogP) is 4.14. The average Bonchev–Trinajstić information content (AvgIpc) is 2.72. The van der Waals surface area contributed by atoms with Crippen LogP contribution in [0.5, 0.6) is 0 Å². The lowest BCUT2D eigenvalue weighted by Crippen LogP contribution is -2.53. The maximum atomic E-state index is 6.12. The molecule has 1 unspecified atom stereocenters. The Balaban J connectivity index is 1.65. The summed E-state index contributed by atoms with van der Waals surface area (Å²) < 4.78 is 0. The monoisotopic (exact) mass is 274 g/mol. The maximum Gasteiger partial charge on any atom is 0.0947 e. The highest BCUT2D eigenvalue weighted by molar-refractivity contribution is 5.83. The first-order valence-corrected chi connectivity index (χ1v) is 8.87. The molecule has 0 spiro atoms. The molecule has 0 amide bonds. The number of rotatable bonds is 0. The van der Waals surface area contributed by atoms with Gasteiger partial charge in [-0.2, -0.15) is 0 Å². The molecule has 6 atom stereocenters. The molecular formula is C18H30N2. The SMILES string of the molecule is C[C@]12CCCCC1CC[C@@H]1[C@H]2CC[C@]2(C)N=C(N)C[C@@H]12. The van der Waals surface area contributed by atoms with Gasteiger partial charge in [-0.3, -0.25) is 4.99 Å². The van der Waals surface area contributed by atoms with Crippen molar-refractivity contribution in [2.24, 2.45) is 39.8 Å². The minimum atomic E-state index is 0.184. The number of aliphatic imine (C=N–C) groups is 1. The number of nitrogens with zero attached hydrogens (tertiary/aromatic N) is 1. The van der Waals surface area contributed by atoms with Gasteiger partial charge in [0.2, 0.25) is 0 Å². The van der Waals surface area contributed by atoms with Gasteiger partial charge in [0.1, 0.15) is 0 Å². The lowest BCUT2D eigenvalue weighted by Gasteiger charge is -2.59. The van der Waals surface area contributed by atoms with E-state index in [1.54, 1.807) is 0 Å². The van der Waals surface area contributed by atoms with Gasteiger partial charge >= 0.3 is 0 Å². The van der Waals surface area contributed by atoms with Crippen LogP contribution in [0.2, 0.25) is 0 Å². The molecule has 4 rings (SSSR count). The smallest absolute Gasteiger partial charge is 0.0947 e. The van der Waals surface area contributed by atoms with Crippen molar-refractivity contribution in [3.63, 3.8) is 0 Å². The molecule has 1 heterocycles. The summed E-state index contributed by atoms with van der Waals surface area (Å²) in [7, 11) is 0. The van der Waals surface area contributed by atoms with Gasteiger partial charge in [-0.15, -0.1) is 0 Å². The fourth-order valence-corrected chi connectivity index (χ4v) is 6.71. The summed E-state index contributed by atoms with van der Waals surface area (Å²) in [5.74, 6) is 4.56. The molecule has 4 aliphatic rings. The van der Waals surface area contributed by atoms with Gasteiger partial charge in [0.05, 0.1) is 11.4 Å². The normalized spacial score (nSPS) is 54.6. The third kappa shape index (κ3) is 1.66. The first-order valence-electron chi connectivity index (χ1n) is 8.87. The molecule has 0 aromatic carbocycles. The van der Waals surface area contributed by atoms with Crippen LogP contribution in [0.25, 0.3) is 0 Å². The first kappa shape index (κ1) is 13.2. The average molecular weight is 274 g/mol. The van der Waals surface area contributed by atoms with Crippen LogP contribution < -0.4 is 5.73 Å². The van der Waals surface area contributed by atoms with Crippen LogP contribution in [0.1, 0.15) is 71.6 Å². The highest BCUT2D eigenvalue weighted by Crippen LogP contribution is 2.63. The fourth-order valence-electron chi connectivity index (χ4n) is 6.71. The van der Waals surface area contributed by atoms with Crippen LogP contribution in [0.4, 0.5) is 0 Å². The molecule has 2 N–H and O–H groups in total. The van der Waals surface area contributed by atoms with Crippen LogP contribution in [0.3, 0.4) is 0 Å². The van der Waals surface area contributed by atoms with E-state index in [-0.39, 0.29) is 5.54 Å². The summed E-state index contributed by atoms with van der Waals surface area (Å²) in [5, 5.41) is 0. The second-order valence-corrected chi connectivity index (χ2v) is 8.61. The van der Waals surface area contributed by atoms with E-state index < -0.39 is 0 Å². The summed E-state index contributed by atoms with van der Waals surface area (Å²) >= 11 is 0. The molecule has 3 aliphatic carbocycles. The van der Waals surface area contributed by atoms with Crippen molar-refractivity contribution in [3.05, 3.63) is 0 Å². The lowest BCUT2D eigenvalue weighted by atomic mass is 9.46. The van der Waals surface area contributed by atoms with Gasteiger partial charge in [0.25, 0.3) is 0 Å². The third-order valence-electron chi connectivity index (χ3n) is 7.77. The van der Waals surface area contributed by atoms with Crippen LogP contribution in [-0.2, 0) is 0 Å². The second kappa shape index (κ2) is 4.24. The highest BCUT2D eigenvalue weighted by Gasteiger charge is 2.57. The zero-order valence-electron chi connectivity index (χ0n) is 13.2. The summed E-state index contributed by atoms with van der Waals surface area (Å²) in [4.78, 5) is 4.85. The Hall–Kier alpha value is -0.530. The quantitative estimate of drug-likeness (QED) is 0.708. The maximum absolute atomic E-state index is 6.12. The molecular weight excluding hydrogens is 244 g/mol. The van der Waals surface area contributed by atoms with Crippen molar-refractivity contribution < 1.29 is 0 Å². The molecule has 0 radical (unpaired) electrons. The van der Waals surface area contributed by atoms with Crippen LogP contribution in [0, 0.1) is 29.1 Å². The molecule has 112 valence electrons. The molecule has 0 aromatic rings. The molecule has 3 fully saturated rings. The van der Waals surface area contributed by atoms with E-state index in [0.717, 1.165) is 35.9 Å². The van der Waals surface area contributed by atoms with Gasteiger partial charge in [-0.25, -0.2) is 0 Å².